The molecule has 0 radical (unpaired) electrons. The van der Waals surface area contributed by atoms with E-state index in [0.717, 1.165) is 4.90 Å². The van der Waals surface area contributed by atoms with E-state index in [1.165, 1.54) is 4.90 Å². The zero-order chi connectivity index (χ0) is 15.8. The lowest BCUT2D eigenvalue weighted by atomic mass is 9.76. The van der Waals surface area contributed by atoms with Gasteiger partial charge in [0.05, 0.1) is 12.0 Å². The van der Waals surface area contributed by atoms with Gasteiger partial charge in [-0.15, -0.1) is 0 Å². The van der Waals surface area contributed by atoms with Crippen LogP contribution in [0.1, 0.15) is 20.3 Å². The van der Waals surface area contributed by atoms with E-state index < -0.39 is 29.2 Å². The summed E-state index contributed by atoms with van der Waals surface area (Å²) in [6, 6.07) is -0.582. The SMILES string of the molecule is CC(C)C1(C(=O)O)CCN(C(=O)CN2C(=O)CNC2=O)C1. The molecule has 2 aliphatic heterocycles. The highest BCUT2D eigenvalue weighted by Crippen LogP contribution is 2.38. The van der Waals surface area contributed by atoms with Gasteiger partial charge >= 0.3 is 12.0 Å². The minimum atomic E-state index is -0.951. The minimum absolute atomic E-state index is 0.100. The van der Waals surface area contributed by atoms with Crippen molar-refractivity contribution in [2.24, 2.45) is 11.3 Å². The Morgan fingerprint density at radius 2 is 2.05 bits per heavy atom. The highest BCUT2D eigenvalue weighted by molar-refractivity contribution is 6.04. The lowest BCUT2D eigenvalue weighted by Gasteiger charge is -2.29. The highest BCUT2D eigenvalue weighted by atomic mass is 16.4. The molecule has 8 nitrogen and oxygen atoms in total. The van der Waals surface area contributed by atoms with Crippen molar-refractivity contribution in [3.8, 4) is 0 Å². The van der Waals surface area contributed by atoms with Crippen molar-refractivity contribution in [2.75, 3.05) is 26.2 Å². The number of urea groups is 1. The summed E-state index contributed by atoms with van der Waals surface area (Å²) < 4.78 is 0. The van der Waals surface area contributed by atoms with Crippen LogP contribution >= 0.6 is 0 Å². The number of aliphatic carboxylic acids is 1. The number of carboxylic acid groups (broad SMARTS) is 1. The van der Waals surface area contributed by atoms with Gasteiger partial charge in [-0.3, -0.25) is 19.3 Å². The third-order valence-electron chi connectivity index (χ3n) is 4.42. The number of hydrogen-bond donors (Lipinski definition) is 2. The van der Waals surface area contributed by atoms with E-state index in [1.54, 1.807) is 0 Å². The fourth-order valence-electron chi connectivity index (χ4n) is 2.79. The minimum Gasteiger partial charge on any atom is -0.481 e. The van der Waals surface area contributed by atoms with E-state index in [-0.39, 0.29) is 25.6 Å². The number of imide groups is 1. The molecule has 4 amide bonds. The van der Waals surface area contributed by atoms with Crippen LogP contribution < -0.4 is 5.32 Å². The highest BCUT2D eigenvalue weighted by Gasteiger charge is 2.48. The van der Waals surface area contributed by atoms with E-state index in [9.17, 15) is 24.3 Å². The maximum absolute atomic E-state index is 12.2. The summed E-state index contributed by atoms with van der Waals surface area (Å²) in [5.41, 5.74) is -0.951. The molecule has 2 aliphatic rings. The third-order valence-corrected chi connectivity index (χ3v) is 4.42. The largest absolute Gasteiger partial charge is 0.481 e. The van der Waals surface area contributed by atoms with Gasteiger partial charge < -0.3 is 15.3 Å². The fourth-order valence-corrected chi connectivity index (χ4v) is 2.79. The van der Waals surface area contributed by atoms with E-state index in [4.69, 9.17) is 0 Å². The van der Waals surface area contributed by atoms with Crippen molar-refractivity contribution in [3.63, 3.8) is 0 Å². The second-order valence-corrected chi connectivity index (χ2v) is 5.82. The first-order chi connectivity index (χ1) is 9.78. The molecule has 2 N–H and O–H groups in total. The van der Waals surface area contributed by atoms with Crippen molar-refractivity contribution in [1.29, 1.82) is 0 Å². The average molecular weight is 297 g/mol. The molecule has 0 aromatic heterocycles. The van der Waals surface area contributed by atoms with Gasteiger partial charge in [0.25, 0.3) is 5.91 Å². The van der Waals surface area contributed by atoms with Gasteiger partial charge in [0.2, 0.25) is 5.91 Å². The van der Waals surface area contributed by atoms with Crippen molar-refractivity contribution in [3.05, 3.63) is 0 Å². The van der Waals surface area contributed by atoms with Gasteiger partial charge in [-0.05, 0) is 12.3 Å². The third kappa shape index (κ3) is 2.57. The first kappa shape index (κ1) is 15.3. The lowest BCUT2D eigenvalue weighted by Crippen LogP contribution is -2.45. The van der Waals surface area contributed by atoms with Crippen LogP contribution in [-0.2, 0) is 14.4 Å². The number of likely N-dealkylation sites (tertiary alicyclic amines) is 1. The van der Waals surface area contributed by atoms with Crippen LogP contribution in [0, 0.1) is 11.3 Å². The monoisotopic (exact) mass is 297 g/mol. The normalized spacial score (nSPS) is 25.7. The molecule has 0 bridgehead atoms. The van der Waals surface area contributed by atoms with Gasteiger partial charge in [0.15, 0.2) is 0 Å². The average Bonchev–Trinajstić information content (AvgIpc) is 2.98. The summed E-state index contributed by atoms with van der Waals surface area (Å²) in [7, 11) is 0. The van der Waals surface area contributed by atoms with E-state index in [2.05, 4.69) is 5.32 Å². The van der Waals surface area contributed by atoms with Gasteiger partial charge in [-0.1, -0.05) is 13.8 Å². The molecule has 116 valence electrons. The molecule has 0 aromatic carbocycles. The molecular weight excluding hydrogens is 278 g/mol. The molecule has 1 atom stereocenters. The van der Waals surface area contributed by atoms with Crippen molar-refractivity contribution < 1.29 is 24.3 Å². The molecule has 0 aromatic rings. The van der Waals surface area contributed by atoms with E-state index in [1.807, 2.05) is 13.8 Å². The number of hydrogen-bond acceptors (Lipinski definition) is 4. The summed E-state index contributed by atoms with van der Waals surface area (Å²) in [5, 5.41) is 11.8. The topological polar surface area (TPSA) is 107 Å². The summed E-state index contributed by atoms with van der Waals surface area (Å²) in [4.78, 5) is 48.8. The Hall–Kier alpha value is -2.12. The standard InChI is InChI=1S/C13H19N3O5/c1-8(2)13(11(19)20)3-4-15(7-13)10(18)6-16-9(17)5-14-12(16)21/h8H,3-7H2,1-2H3,(H,14,21)(H,19,20). The Bertz CT molecular complexity index is 488. The molecule has 0 saturated carbocycles. The number of nitrogens with one attached hydrogen (secondary N) is 1. The molecule has 1 unspecified atom stereocenters. The van der Waals surface area contributed by atoms with Crippen molar-refractivity contribution in [2.45, 2.75) is 20.3 Å². The molecule has 0 aliphatic carbocycles. The zero-order valence-electron chi connectivity index (χ0n) is 12.1. The molecule has 8 heteroatoms. The van der Waals surface area contributed by atoms with Crippen LogP contribution in [0.25, 0.3) is 0 Å². The number of nitrogens with zero attached hydrogens (tertiary/aromatic N) is 2. The van der Waals surface area contributed by atoms with Crippen LogP contribution in [0.2, 0.25) is 0 Å². The number of carbonyl (C=O) groups is 4. The predicted octanol–water partition coefficient (Wildman–Crippen LogP) is -0.502. The van der Waals surface area contributed by atoms with Crippen LogP contribution in [0.3, 0.4) is 0 Å². The fraction of sp³-hybridized carbons (Fsp3) is 0.692. The molecule has 2 rings (SSSR count). The van der Waals surface area contributed by atoms with Gasteiger partial charge in [0.1, 0.15) is 6.54 Å². The first-order valence-corrected chi connectivity index (χ1v) is 6.87. The molecule has 2 fully saturated rings. The summed E-state index contributed by atoms with van der Waals surface area (Å²) >= 11 is 0. The van der Waals surface area contributed by atoms with Crippen molar-refractivity contribution in [1.82, 2.24) is 15.1 Å². The Labute approximate surface area is 122 Å². The van der Waals surface area contributed by atoms with Crippen LogP contribution in [0.15, 0.2) is 0 Å². The Morgan fingerprint density at radius 3 is 2.48 bits per heavy atom. The Morgan fingerprint density at radius 1 is 1.38 bits per heavy atom. The Kier molecular flexibility index (Phi) is 3.89. The summed E-state index contributed by atoms with van der Waals surface area (Å²) in [6.07, 6.45) is 0.381. The van der Waals surface area contributed by atoms with Gasteiger partial charge in [-0.25, -0.2) is 4.79 Å². The number of rotatable bonds is 4. The second-order valence-electron chi connectivity index (χ2n) is 5.82. The van der Waals surface area contributed by atoms with Crippen molar-refractivity contribution >= 4 is 23.8 Å². The zero-order valence-corrected chi connectivity index (χ0v) is 12.1. The summed E-state index contributed by atoms with van der Waals surface area (Å²) in [6.45, 7) is 3.64. The maximum Gasteiger partial charge on any atom is 0.325 e. The summed E-state index contributed by atoms with van der Waals surface area (Å²) in [5.74, 6) is -1.86. The maximum atomic E-state index is 12.2. The molecular formula is C13H19N3O5. The smallest absolute Gasteiger partial charge is 0.325 e. The van der Waals surface area contributed by atoms with E-state index >= 15 is 0 Å². The van der Waals surface area contributed by atoms with Crippen LogP contribution in [-0.4, -0.2) is 64.9 Å². The molecule has 21 heavy (non-hydrogen) atoms. The number of amides is 4. The second kappa shape index (κ2) is 5.34. The van der Waals surface area contributed by atoms with Gasteiger partial charge in [0, 0.05) is 13.1 Å². The number of carbonyl (C=O) groups excluding carboxylic acids is 3. The van der Waals surface area contributed by atoms with Gasteiger partial charge in [-0.2, -0.15) is 0 Å². The van der Waals surface area contributed by atoms with Crippen LogP contribution in [0.5, 0.6) is 0 Å². The van der Waals surface area contributed by atoms with Crippen LogP contribution in [0.4, 0.5) is 4.79 Å². The Balaban J connectivity index is 2.04. The molecule has 2 saturated heterocycles. The molecule has 0 spiro atoms. The first-order valence-electron chi connectivity index (χ1n) is 6.87. The van der Waals surface area contributed by atoms with E-state index in [0.29, 0.717) is 13.0 Å². The number of carboxylic acids is 1. The quantitative estimate of drug-likeness (QED) is 0.680. The molecule has 2 heterocycles. The predicted molar refractivity (Wildman–Crippen MR) is 71.2 cm³/mol. The lowest BCUT2D eigenvalue weighted by molar-refractivity contribution is -0.151.